The normalized spacial score (nSPS) is 14.4. The summed E-state index contributed by atoms with van der Waals surface area (Å²) in [6.07, 6.45) is 4.55. The first-order valence-electron chi connectivity index (χ1n) is 11.5. The number of nitrogens with zero attached hydrogens (tertiary/aromatic N) is 3. The molecule has 0 radical (unpaired) electrons. The van der Waals surface area contributed by atoms with Gasteiger partial charge in [0.2, 0.25) is 5.91 Å². The Morgan fingerprint density at radius 3 is 2.58 bits per heavy atom. The number of carbonyl (C=O) groups is 1. The van der Waals surface area contributed by atoms with Crippen molar-refractivity contribution in [2.24, 2.45) is 0 Å². The Bertz CT molecular complexity index is 1290. The number of hydrogen-bond donors (Lipinski definition) is 1. The molecule has 168 valence electrons. The third-order valence-electron chi connectivity index (χ3n) is 6.48. The van der Waals surface area contributed by atoms with E-state index in [1.54, 1.807) is 7.11 Å². The lowest BCUT2D eigenvalue weighted by Crippen LogP contribution is -2.18. The van der Waals surface area contributed by atoms with E-state index in [2.05, 4.69) is 26.1 Å². The van der Waals surface area contributed by atoms with Gasteiger partial charge in [-0.2, -0.15) is 0 Å². The van der Waals surface area contributed by atoms with E-state index in [4.69, 9.17) is 4.74 Å². The molecule has 3 aromatic carbocycles. The van der Waals surface area contributed by atoms with Crippen LogP contribution in [0, 0.1) is 0 Å². The highest BCUT2D eigenvalue weighted by atomic mass is 16.5. The second-order valence-corrected chi connectivity index (χ2v) is 8.66. The van der Waals surface area contributed by atoms with Crippen molar-refractivity contribution >= 4 is 22.4 Å². The van der Waals surface area contributed by atoms with Crippen LogP contribution >= 0.6 is 0 Å². The summed E-state index contributed by atoms with van der Waals surface area (Å²) in [5.74, 6) is 2.50. The average Bonchev–Trinajstić information content (AvgIpc) is 3.11. The number of ether oxygens (including phenoxy) is 1. The van der Waals surface area contributed by atoms with Crippen molar-refractivity contribution in [1.29, 1.82) is 0 Å². The summed E-state index contributed by atoms with van der Waals surface area (Å²) in [6, 6.07) is 19.9. The molecule has 6 heteroatoms. The van der Waals surface area contributed by atoms with E-state index < -0.39 is 0 Å². The minimum absolute atomic E-state index is 0.0352. The van der Waals surface area contributed by atoms with Crippen LogP contribution in [0.1, 0.15) is 43.5 Å². The molecule has 4 aromatic rings. The fraction of sp³-hybridized carbons (Fsp3) is 0.296. The molecule has 5 rings (SSSR count). The molecule has 1 atom stereocenters. The minimum Gasteiger partial charge on any atom is -0.497 e. The molecule has 0 aliphatic carbocycles. The molecule has 0 bridgehead atoms. The number of benzene rings is 3. The molecule has 1 unspecified atom stereocenters. The molecule has 1 amide bonds. The smallest absolute Gasteiger partial charge is 0.231 e. The van der Waals surface area contributed by atoms with Gasteiger partial charge in [-0.15, -0.1) is 10.2 Å². The first kappa shape index (κ1) is 21.2. The largest absolute Gasteiger partial charge is 0.497 e. The number of amides is 1. The summed E-state index contributed by atoms with van der Waals surface area (Å²) in [7, 11) is 1.66. The van der Waals surface area contributed by atoms with Gasteiger partial charge < -0.3 is 14.6 Å². The summed E-state index contributed by atoms with van der Waals surface area (Å²) in [6.45, 7) is 2.89. The quantitative estimate of drug-likeness (QED) is 0.440. The Morgan fingerprint density at radius 2 is 1.76 bits per heavy atom. The SMILES string of the molecule is COc1ccc2cc(C(C)C(=O)Nc3ccc(-c4nnc5n4CCCCC5)cc3)ccc2c1. The van der Waals surface area contributed by atoms with Gasteiger partial charge >= 0.3 is 0 Å². The average molecular weight is 441 g/mol. The number of fused-ring (bicyclic) bond motifs is 2. The summed E-state index contributed by atoms with van der Waals surface area (Å²) in [5.41, 5.74) is 2.77. The van der Waals surface area contributed by atoms with E-state index >= 15 is 0 Å². The summed E-state index contributed by atoms with van der Waals surface area (Å²) >= 11 is 0. The Labute approximate surface area is 193 Å². The van der Waals surface area contributed by atoms with Crippen molar-refractivity contribution < 1.29 is 9.53 Å². The lowest BCUT2D eigenvalue weighted by molar-refractivity contribution is -0.117. The van der Waals surface area contributed by atoms with Crippen LogP contribution in [0.2, 0.25) is 0 Å². The van der Waals surface area contributed by atoms with E-state index in [0.717, 1.165) is 64.4 Å². The molecule has 0 saturated carbocycles. The van der Waals surface area contributed by atoms with Gasteiger partial charge in [-0.05, 0) is 72.5 Å². The van der Waals surface area contributed by atoms with Gasteiger partial charge in [-0.3, -0.25) is 4.79 Å². The predicted molar refractivity (Wildman–Crippen MR) is 131 cm³/mol. The van der Waals surface area contributed by atoms with Gasteiger partial charge in [0.25, 0.3) is 0 Å². The molecular weight excluding hydrogens is 412 g/mol. The van der Waals surface area contributed by atoms with E-state index in [1.165, 1.54) is 12.8 Å². The molecule has 1 aliphatic heterocycles. The number of methoxy groups -OCH3 is 1. The number of aromatic nitrogens is 3. The summed E-state index contributed by atoms with van der Waals surface area (Å²) in [5, 5.41) is 14.0. The minimum atomic E-state index is -0.275. The van der Waals surface area contributed by atoms with E-state index in [-0.39, 0.29) is 11.8 Å². The van der Waals surface area contributed by atoms with Crippen LogP contribution in [0.5, 0.6) is 5.75 Å². The molecule has 1 N–H and O–H groups in total. The standard InChI is InChI=1S/C27H28N4O2/c1-18(20-7-8-22-17-24(33-2)14-11-21(22)16-20)27(32)28-23-12-9-19(10-13-23)26-30-29-25-6-4-3-5-15-31(25)26/h7-14,16-18H,3-6,15H2,1-2H3,(H,28,32). The van der Waals surface area contributed by atoms with Gasteiger partial charge in [0.15, 0.2) is 5.82 Å². The Hall–Kier alpha value is -3.67. The van der Waals surface area contributed by atoms with Gasteiger partial charge in [0, 0.05) is 24.2 Å². The molecule has 6 nitrogen and oxygen atoms in total. The highest BCUT2D eigenvalue weighted by Crippen LogP contribution is 2.27. The van der Waals surface area contributed by atoms with Gasteiger partial charge in [-0.25, -0.2) is 0 Å². The number of anilines is 1. The van der Waals surface area contributed by atoms with E-state index in [1.807, 2.05) is 61.5 Å². The van der Waals surface area contributed by atoms with Gasteiger partial charge in [0.1, 0.15) is 11.6 Å². The van der Waals surface area contributed by atoms with E-state index in [0.29, 0.717) is 0 Å². The molecule has 0 fully saturated rings. The first-order chi connectivity index (χ1) is 16.1. The first-order valence-corrected chi connectivity index (χ1v) is 11.5. The fourth-order valence-corrected chi connectivity index (χ4v) is 4.44. The number of carbonyl (C=O) groups excluding carboxylic acids is 1. The van der Waals surface area contributed by atoms with Crippen molar-refractivity contribution in [3.05, 3.63) is 72.1 Å². The Kier molecular flexibility index (Phi) is 5.82. The van der Waals surface area contributed by atoms with Crippen molar-refractivity contribution in [3.8, 4) is 17.1 Å². The monoisotopic (exact) mass is 440 g/mol. The van der Waals surface area contributed by atoms with Crippen molar-refractivity contribution in [2.75, 3.05) is 12.4 Å². The zero-order valence-electron chi connectivity index (χ0n) is 19.0. The number of aryl methyl sites for hydroxylation is 1. The third-order valence-corrected chi connectivity index (χ3v) is 6.48. The van der Waals surface area contributed by atoms with E-state index in [9.17, 15) is 4.79 Å². The van der Waals surface area contributed by atoms with Crippen LogP contribution < -0.4 is 10.1 Å². The van der Waals surface area contributed by atoms with Crippen molar-refractivity contribution in [2.45, 2.75) is 45.1 Å². The highest BCUT2D eigenvalue weighted by molar-refractivity contribution is 5.96. The van der Waals surface area contributed by atoms with Crippen molar-refractivity contribution in [3.63, 3.8) is 0 Å². The highest BCUT2D eigenvalue weighted by Gasteiger charge is 2.18. The maximum Gasteiger partial charge on any atom is 0.231 e. The van der Waals surface area contributed by atoms with Crippen LogP contribution in [0.3, 0.4) is 0 Å². The zero-order chi connectivity index (χ0) is 22.8. The maximum atomic E-state index is 12.9. The second kappa shape index (κ2) is 9.06. The number of rotatable bonds is 5. The van der Waals surface area contributed by atoms with Crippen LogP contribution in [0.25, 0.3) is 22.2 Å². The predicted octanol–water partition coefficient (Wildman–Crippen LogP) is 5.58. The molecule has 33 heavy (non-hydrogen) atoms. The lowest BCUT2D eigenvalue weighted by Gasteiger charge is -2.14. The van der Waals surface area contributed by atoms with Crippen LogP contribution in [-0.2, 0) is 17.8 Å². The number of hydrogen-bond acceptors (Lipinski definition) is 4. The molecule has 1 aliphatic rings. The summed E-state index contributed by atoms with van der Waals surface area (Å²) in [4.78, 5) is 12.9. The topological polar surface area (TPSA) is 69.0 Å². The zero-order valence-corrected chi connectivity index (χ0v) is 19.0. The molecule has 1 aromatic heterocycles. The molecule has 0 saturated heterocycles. The summed E-state index contributed by atoms with van der Waals surface area (Å²) < 4.78 is 7.53. The molecule has 0 spiro atoms. The van der Waals surface area contributed by atoms with Gasteiger partial charge in [-0.1, -0.05) is 30.7 Å². The molecule has 2 heterocycles. The number of nitrogens with one attached hydrogen (secondary N) is 1. The van der Waals surface area contributed by atoms with Crippen molar-refractivity contribution in [1.82, 2.24) is 14.8 Å². The van der Waals surface area contributed by atoms with Gasteiger partial charge in [0.05, 0.1) is 13.0 Å². The van der Waals surface area contributed by atoms with Crippen LogP contribution in [0.15, 0.2) is 60.7 Å². The molecular formula is C27H28N4O2. The third kappa shape index (κ3) is 4.33. The Morgan fingerprint density at radius 1 is 0.970 bits per heavy atom. The Balaban J connectivity index is 1.30. The maximum absolute atomic E-state index is 12.9. The van der Waals surface area contributed by atoms with Crippen LogP contribution in [0.4, 0.5) is 5.69 Å². The second-order valence-electron chi connectivity index (χ2n) is 8.66. The fourth-order valence-electron chi connectivity index (χ4n) is 4.44. The lowest BCUT2D eigenvalue weighted by atomic mass is 9.97. The van der Waals surface area contributed by atoms with Crippen LogP contribution in [-0.4, -0.2) is 27.8 Å².